The van der Waals surface area contributed by atoms with E-state index in [9.17, 15) is 4.79 Å². The number of carbonyl (C=O) groups excluding carboxylic acids is 1. The van der Waals surface area contributed by atoms with Gasteiger partial charge in [-0.25, -0.2) is 0 Å². The third-order valence-electron chi connectivity index (χ3n) is 4.89. The van der Waals surface area contributed by atoms with Crippen LogP contribution in [0.2, 0.25) is 0 Å². The van der Waals surface area contributed by atoms with Crippen molar-refractivity contribution < 1.29 is 14.1 Å². The molecule has 1 saturated heterocycles. The van der Waals surface area contributed by atoms with Gasteiger partial charge in [0.1, 0.15) is 11.4 Å². The highest BCUT2D eigenvalue weighted by Gasteiger charge is 2.30. The predicted molar refractivity (Wildman–Crippen MR) is 97.4 cm³/mol. The normalized spacial score (nSPS) is 17.1. The number of hydrogen-bond donors (Lipinski definition) is 0. The molecule has 2 aromatic heterocycles. The van der Waals surface area contributed by atoms with Crippen LogP contribution in [0.25, 0.3) is 11.5 Å². The molecule has 3 heterocycles. The molecule has 4 rings (SSSR count). The van der Waals surface area contributed by atoms with Gasteiger partial charge in [0.05, 0.1) is 12.7 Å². The van der Waals surface area contributed by atoms with Gasteiger partial charge in [-0.1, -0.05) is 17.3 Å². The van der Waals surface area contributed by atoms with Crippen LogP contribution in [0.4, 0.5) is 0 Å². The molecule has 0 aliphatic carbocycles. The maximum atomic E-state index is 12.8. The van der Waals surface area contributed by atoms with E-state index in [2.05, 4.69) is 15.2 Å². The summed E-state index contributed by atoms with van der Waals surface area (Å²) >= 11 is 0. The number of methoxy groups -OCH3 is 1. The van der Waals surface area contributed by atoms with Crippen molar-refractivity contribution in [2.45, 2.75) is 18.8 Å². The highest BCUT2D eigenvalue weighted by atomic mass is 16.5. The number of rotatable bonds is 4. The summed E-state index contributed by atoms with van der Waals surface area (Å²) in [7, 11) is 3.38. The highest BCUT2D eigenvalue weighted by molar-refractivity contribution is 5.92. The van der Waals surface area contributed by atoms with Crippen molar-refractivity contribution >= 4 is 5.91 Å². The van der Waals surface area contributed by atoms with Crippen LogP contribution in [-0.4, -0.2) is 50.9 Å². The zero-order valence-corrected chi connectivity index (χ0v) is 15.3. The van der Waals surface area contributed by atoms with E-state index in [1.165, 1.54) is 0 Å². The summed E-state index contributed by atoms with van der Waals surface area (Å²) in [5.74, 6) is 1.76. The fourth-order valence-corrected chi connectivity index (χ4v) is 3.45. The molecule has 0 N–H and O–H groups in total. The molecule has 140 valence electrons. The second-order valence-electron chi connectivity index (χ2n) is 6.59. The molecule has 1 atom stereocenters. The van der Waals surface area contributed by atoms with Crippen LogP contribution in [0.3, 0.4) is 0 Å². The fourth-order valence-electron chi connectivity index (χ4n) is 3.45. The van der Waals surface area contributed by atoms with Gasteiger partial charge in [-0.05, 0) is 31.0 Å². The largest absolute Gasteiger partial charge is 0.496 e. The summed E-state index contributed by atoms with van der Waals surface area (Å²) in [4.78, 5) is 19.2. The maximum absolute atomic E-state index is 12.8. The Bertz CT molecular complexity index is 948. The van der Waals surface area contributed by atoms with Crippen LogP contribution < -0.4 is 4.74 Å². The Hall–Kier alpha value is -3.16. The monoisotopic (exact) mass is 367 g/mol. The van der Waals surface area contributed by atoms with Crippen molar-refractivity contribution in [2.75, 3.05) is 20.2 Å². The Morgan fingerprint density at radius 2 is 2.15 bits per heavy atom. The maximum Gasteiger partial charge on any atom is 0.272 e. The van der Waals surface area contributed by atoms with Gasteiger partial charge in [0.25, 0.3) is 11.8 Å². The van der Waals surface area contributed by atoms with E-state index >= 15 is 0 Å². The number of likely N-dealkylation sites (tertiary alicyclic amines) is 1. The lowest BCUT2D eigenvalue weighted by Gasteiger charge is -2.31. The van der Waals surface area contributed by atoms with E-state index in [4.69, 9.17) is 9.26 Å². The Kier molecular flexibility index (Phi) is 4.62. The number of piperidine rings is 1. The molecule has 0 bridgehead atoms. The molecule has 0 saturated carbocycles. The van der Waals surface area contributed by atoms with Crippen molar-refractivity contribution in [1.82, 2.24) is 24.8 Å². The molecule has 1 fully saturated rings. The summed E-state index contributed by atoms with van der Waals surface area (Å²) in [5, 5.41) is 8.25. The zero-order valence-electron chi connectivity index (χ0n) is 15.3. The van der Waals surface area contributed by atoms with Gasteiger partial charge in [0.15, 0.2) is 5.82 Å². The third kappa shape index (κ3) is 3.30. The van der Waals surface area contributed by atoms with Gasteiger partial charge in [0, 0.05) is 32.3 Å². The first-order chi connectivity index (χ1) is 13.2. The van der Waals surface area contributed by atoms with Gasteiger partial charge in [-0.3, -0.25) is 9.48 Å². The van der Waals surface area contributed by atoms with Gasteiger partial charge >= 0.3 is 0 Å². The van der Waals surface area contributed by atoms with Gasteiger partial charge < -0.3 is 14.2 Å². The Morgan fingerprint density at radius 1 is 1.30 bits per heavy atom. The molecule has 1 aromatic carbocycles. The van der Waals surface area contributed by atoms with E-state index in [0.29, 0.717) is 29.7 Å². The summed E-state index contributed by atoms with van der Waals surface area (Å²) in [6.07, 6.45) is 3.44. The third-order valence-corrected chi connectivity index (χ3v) is 4.89. The van der Waals surface area contributed by atoms with Crippen LogP contribution >= 0.6 is 0 Å². The lowest BCUT2D eigenvalue weighted by atomic mass is 9.97. The van der Waals surface area contributed by atoms with Gasteiger partial charge in [-0.15, -0.1) is 0 Å². The minimum atomic E-state index is -0.0202. The van der Waals surface area contributed by atoms with Crippen molar-refractivity contribution in [1.29, 1.82) is 0 Å². The second-order valence-corrected chi connectivity index (χ2v) is 6.59. The predicted octanol–water partition coefficient (Wildman–Crippen LogP) is 2.50. The number of aromatic nitrogens is 4. The van der Waals surface area contributed by atoms with Crippen molar-refractivity contribution in [3.8, 4) is 17.2 Å². The summed E-state index contributed by atoms with van der Waals surface area (Å²) in [6, 6.07) is 9.27. The average molecular weight is 367 g/mol. The molecule has 1 aliphatic rings. The number of amides is 1. The number of hydrogen-bond acceptors (Lipinski definition) is 6. The number of aryl methyl sites for hydroxylation is 1. The number of ether oxygens (including phenoxy) is 1. The highest BCUT2D eigenvalue weighted by Crippen LogP contribution is 2.31. The molecular weight excluding hydrogens is 346 g/mol. The number of nitrogens with zero attached hydrogens (tertiary/aromatic N) is 5. The molecule has 8 heteroatoms. The molecule has 0 radical (unpaired) electrons. The first-order valence-electron chi connectivity index (χ1n) is 8.91. The quantitative estimate of drug-likeness (QED) is 0.704. The molecule has 8 nitrogen and oxygen atoms in total. The summed E-state index contributed by atoms with van der Waals surface area (Å²) in [5.41, 5.74) is 1.34. The number of carbonyl (C=O) groups is 1. The Balaban J connectivity index is 1.53. The lowest BCUT2D eigenvalue weighted by Crippen LogP contribution is -2.40. The van der Waals surface area contributed by atoms with Crippen LogP contribution in [-0.2, 0) is 7.05 Å². The average Bonchev–Trinajstić information content (AvgIpc) is 3.37. The SMILES string of the molecule is COc1ccccc1-c1nc(C2CCCN(C(=O)c3ccnn3C)C2)no1. The second kappa shape index (κ2) is 7.22. The molecule has 0 spiro atoms. The smallest absolute Gasteiger partial charge is 0.272 e. The number of benzene rings is 1. The fraction of sp³-hybridized carbons (Fsp3) is 0.368. The first-order valence-corrected chi connectivity index (χ1v) is 8.91. The molecule has 1 aliphatic heterocycles. The molecule has 1 unspecified atom stereocenters. The molecule has 1 amide bonds. The van der Waals surface area contributed by atoms with Crippen LogP contribution in [0.15, 0.2) is 41.1 Å². The summed E-state index contributed by atoms with van der Waals surface area (Å²) in [6.45, 7) is 1.28. The van der Waals surface area contributed by atoms with E-state index in [0.717, 1.165) is 24.9 Å². The molecule has 3 aromatic rings. The van der Waals surface area contributed by atoms with Crippen molar-refractivity contribution in [3.05, 3.63) is 48.0 Å². The van der Waals surface area contributed by atoms with Crippen molar-refractivity contribution in [3.63, 3.8) is 0 Å². The van der Waals surface area contributed by atoms with Crippen LogP contribution in [0.1, 0.15) is 35.1 Å². The summed E-state index contributed by atoms with van der Waals surface area (Å²) < 4.78 is 12.4. The van der Waals surface area contributed by atoms with E-state index in [1.54, 1.807) is 31.1 Å². The Labute approximate surface area is 156 Å². The van der Waals surface area contributed by atoms with Crippen LogP contribution in [0.5, 0.6) is 5.75 Å². The number of para-hydroxylation sites is 1. The Morgan fingerprint density at radius 3 is 2.93 bits per heavy atom. The van der Waals surface area contributed by atoms with E-state index in [1.807, 2.05) is 29.2 Å². The van der Waals surface area contributed by atoms with Crippen LogP contribution in [0, 0.1) is 0 Å². The standard InChI is InChI=1S/C19H21N5O3/c1-23-15(9-10-20-23)19(25)24-11-5-6-13(12-24)17-21-18(27-22-17)14-7-3-4-8-16(14)26-2/h3-4,7-10,13H,5-6,11-12H2,1-2H3. The minimum Gasteiger partial charge on any atom is -0.496 e. The van der Waals surface area contributed by atoms with E-state index < -0.39 is 0 Å². The lowest BCUT2D eigenvalue weighted by molar-refractivity contribution is 0.0692. The zero-order chi connectivity index (χ0) is 18.8. The van der Waals surface area contributed by atoms with E-state index in [-0.39, 0.29) is 11.8 Å². The van der Waals surface area contributed by atoms with Gasteiger partial charge in [-0.2, -0.15) is 10.1 Å². The van der Waals surface area contributed by atoms with Crippen molar-refractivity contribution in [2.24, 2.45) is 7.05 Å². The minimum absolute atomic E-state index is 0.0202. The topological polar surface area (TPSA) is 86.3 Å². The van der Waals surface area contributed by atoms with Gasteiger partial charge in [0.2, 0.25) is 0 Å². The first kappa shape index (κ1) is 17.3. The molecule has 27 heavy (non-hydrogen) atoms. The molecular formula is C19H21N5O3.